The number of ketones is 1. The summed E-state index contributed by atoms with van der Waals surface area (Å²) >= 11 is 5.90. The molecule has 3 rings (SSSR count). The molecule has 1 atom stereocenters. The van der Waals surface area contributed by atoms with E-state index >= 15 is 0 Å². The fourth-order valence-electron chi connectivity index (χ4n) is 2.86. The largest absolute Gasteiger partial charge is 0.497 e. The zero-order valence-corrected chi connectivity index (χ0v) is 16.1. The molecule has 0 bridgehead atoms. The van der Waals surface area contributed by atoms with Gasteiger partial charge in [-0.15, -0.1) is 0 Å². The lowest BCUT2D eigenvalue weighted by Crippen LogP contribution is -2.44. The van der Waals surface area contributed by atoms with Crippen molar-refractivity contribution in [3.05, 3.63) is 58.6 Å². The van der Waals surface area contributed by atoms with Crippen molar-refractivity contribution in [3.63, 3.8) is 0 Å². The number of halogens is 1. The Balaban J connectivity index is 1.88. The molecule has 2 N–H and O–H groups in total. The summed E-state index contributed by atoms with van der Waals surface area (Å²) in [5, 5.41) is 6.46. The number of hydrogen-bond acceptors (Lipinski definition) is 5. The van der Waals surface area contributed by atoms with E-state index in [0.717, 1.165) is 0 Å². The van der Waals surface area contributed by atoms with Crippen LogP contribution in [0, 0.1) is 0 Å². The van der Waals surface area contributed by atoms with E-state index in [0.29, 0.717) is 27.6 Å². The number of amides is 1. The van der Waals surface area contributed by atoms with Gasteiger partial charge in [0.1, 0.15) is 17.5 Å². The summed E-state index contributed by atoms with van der Waals surface area (Å²) in [5.41, 5.74) is 0.645. The maximum absolute atomic E-state index is 13.0. The third kappa shape index (κ3) is 4.47. The molecule has 27 heavy (non-hydrogen) atoms. The normalized spacial score (nSPS) is 18.1. The summed E-state index contributed by atoms with van der Waals surface area (Å²) in [7, 11) is 1.52. The van der Waals surface area contributed by atoms with Gasteiger partial charge in [0.25, 0.3) is 0 Å². The number of carbonyl (C=O) groups excluding carboxylic acids is 2. The van der Waals surface area contributed by atoms with Gasteiger partial charge in [0.05, 0.1) is 19.4 Å². The van der Waals surface area contributed by atoms with E-state index in [4.69, 9.17) is 21.1 Å². The molecule has 0 saturated carbocycles. The van der Waals surface area contributed by atoms with E-state index in [1.165, 1.54) is 7.11 Å². The Morgan fingerprint density at radius 1 is 1.22 bits per heavy atom. The van der Waals surface area contributed by atoms with Gasteiger partial charge < -0.3 is 14.8 Å². The van der Waals surface area contributed by atoms with Crippen molar-refractivity contribution < 1.29 is 19.1 Å². The summed E-state index contributed by atoms with van der Waals surface area (Å²) in [6, 6.07) is 11.0. The molecule has 0 aliphatic carbocycles. The average Bonchev–Trinajstić information content (AvgIpc) is 3.02. The zero-order valence-electron chi connectivity index (χ0n) is 15.3. The Labute approximate surface area is 162 Å². The molecule has 142 valence electrons. The first-order chi connectivity index (χ1) is 12.8. The SMILES string of the molecule is COc1ccc(NC(=O)[C@@H]2COC(C)(C)N2)c(C(=O)c2ccc(Cl)cc2)c1. The number of methoxy groups -OCH3 is 1. The minimum atomic E-state index is -0.566. The van der Waals surface area contributed by atoms with Gasteiger partial charge in [-0.1, -0.05) is 11.6 Å². The van der Waals surface area contributed by atoms with Crippen molar-refractivity contribution in [3.8, 4) is 5.75 Å². The Hall–Kier alpha value is -2.41. The summed E-state index contributed by atoms with van der Waals surface area (Å²) in [6.07, 6.45) is 0. The van der Waals surface area contributed by atoms with Gasteiger partial charge >= 0.3 is 0 Å². The lowest BCUT2D eigenvalue weighted by molar-refractivity contribution is -0.117. The van der Waals surface area contributed by atoms with E-state index in [-0.39, 0.29) is 18.3 Å². The van der Waals surface area contributed by atoms with Gasteiger partial charge in [0.15, 0.2) is 5.78 Å². The van der Waals surface area contributed by atoms with E-state index in [1.54, 1.807) is 42.5 Å². The lowest BCUT2D eigenvalue weighted by atomic mass is 10.0. The van der Waals surface area contributed by atoms with Crippen LogP contribution in [0.15, 0.2) is 42.5 Å². The summed E-state index contributed by atoms with van der Waals surface area (Å²) < 4.78 is 10.8. The quantitative estimate of drug-likeness (QED) is 0.769. The van der Waals surface area contributed by atoms with Crippen LogP contribution < -0.4 is 15.4 Å². The number of benzene rings is 2. The second kappa shape index (κ2) is 7.68. The molecule has 0 spiro atoms. The van der Waals surface area contributed by atoms with Crippen molar-refractivity contribution in [1.29, 1.82) is 0 Å². The van der Waals surface area contributed by atoms with Crippen LogP contribution in [0.1, 0.15) is 29.8 Å². The Bertz CT molecular complexity index is 865. The Kier molecular flexibility index (Phi) is 5.51. The topological polar surface area (TPSA) is 76.7 Å². The first-order valence-corrected chi connectivity index (χ1v) is 8.88. The second-order valence-electron chi connectivity index (χ2n) is 6.76. The van der Waals surface area contributed by atoms with E-state index < -0.39 is 11.8 Å². The number of nitrogens with one attached hydrogen (secondary N) is 2. The third-order valence-corrected chi connectivity index (χ3v) is 4.54. The van der Waals surface area contributed by atoms with Crippen molar-refractivity contribution in [1.82, 2.24) is 5.32 Å². The van der Waals surface area contributed by atoms with Crippen LogP contribution in [0.3, 0.4) is 0 Å². The van der Waals surface area contributed by atoms with Crippen LogP contribution in [0.4, 0.5) is 5.69 Å². The number of rotatable bonds is 5. The molecule has 1 fully saturated rings. The molecule has 1 aliphatic rings. The molecule has 1 amide bonds. The molecule has 2 aromatic carbocycles. The first-order valence-electron chi connectivity index (χ1n) is 8.50. The van der Waals surface area contributed by atoms with Crippen molar-refractivity contribution in [2.45, 2.75) is 25.6 Å². The number of hydrogen-bond donors (Lipinski definition) is 2. The maximum Gasteiger partial charge on any atom is 0.244 e. The fourth-order valence-corrected chi connectivity index (χ4v) is 2.99. The molecule has 0 unspecified atom stereocenters. The zero-order chi connectivity index (χ0) is 19.6. The average molecular weight is 389 g/mol. The molecule has 1 aliphatic heterocycles. The summed E-state index contributed by atoms with van der Waals surface area (Å²) in [6.45, 7) is 3.96. The fraction of sp³-hybridized carbons (Fsp3) is 0.300. The number of carbonyl (C=O) groups is 2. The first kappa shape index (κ1) is 19.4. The van der Waals surface area contributed by atoms with Gasteiger partial charge in [-0.3, -0.25) is 14.9 Å². The summed E-state index contributed by atoms with van der Waals surface area (Å²) in [4.78, 5) is 25.6. The minimum absolute atomic E-state index is 0.239. The van der Waals surface area contributed by atoms with E-state index in [9.17, 15) is 9.59 Å². The highest BCUT2D eigenvalue weighted by atomic mass is 35.5. The maximum atomic E-state index is 13.0. The van der Waals surface area contributed by atoms with Gasteiger partial charge in [-0.2, -0.15) is 0 Å². The van der Waals surface area contributed by atoms with Gasteiger partial charge in [0.2, 0.25) is 5.91 Å². The predicted molar refractivity (Wildman–Crippen MR) is 103 cm³/mol. The van der Waals surface area contributed by atoms with E-state index in [2.05, 4.69) is 10.6 Å². The smallest absolute Gasteiger partial charge is 0.244 e. The van der Waals surface area contributed by atoms with Crippen LogP contribution >= 0.6 is 11.6 Å². The van der Waals surface area contributed by atoms with Crippen molar-refractivity contribution >= 4 is 29.0 Å². The molecule has 6 nitrogen and oxygen atoms in total. The molecule has 2 aromatic rings. The van der Waals surface area contributed by atoms with Crippen LogP contribution in [0.25, 0.3) is 0 Å². The summed E-state index contributed by atoms with van der Waals surface area (Å²) in [5.74, 6) is 0.0153. The lowest BCUT2D eigenvalue weighted by Gasteiger charge is -2.18. The molecule has 7 heteroatoms. The van der Waals surface area contributed by atoms with Crippen molar-refractivity contribution in [2.24, 2.45) is 0 Å². The van der Waals surface area contributed by atoms with Crippen LogP contribution in [0.5, 0.6) is 5.75 Å². The molecular weight excluding hydrogens is 368 g/mol. The number of ether oxygens (including phenoxy) is 2. The second-order valence-corrected chi connectivity index (χ2v) is 7.19. The molecular formula is C20H21ClN2O4. The van der Waals surface area contributed by atoms with Gasteiger partial charge in [-0.25, -0.2) is 0 Å². The Morgan fingerprint density at radius 3 is 2.52 bits per heavy atom. The van der Waals surface area contributed by atoms with Crippen molar-refractivity contribution in [2.75, 3.05) is 19.0 Å². The monoisotopic (exact) mass is 388 g/mol. The highest BCUT2D eigenvalue weighted by molar-refractivity contribution is 6.30. The minimum Gasteiger partial charge on any atom is -0.497 e. The third-order valence-electron chi connectivity index (χ3n) is 4.28. The Morgan fingerprint density at radius 2 is 1.93 bits per heavy atom. The molecule has 0 radical (unpaired) electrons. The van der Waals surface area contributed by atoms with Crippen LogP contribution in [0.2, 0.25) is 5.02 Å². The van der Waals surface area contributed by atoms with Gasteiger partial charge in [-0.05, 0) is 56.3 Å². The molecule has 0 aromatic heterocycles. The van der Waals surface area contributed by atoms with Crippen LogP contribution in [-0.2, 0) is 9.53 Å². The number of anilines is 1. The van der Waals surface area contributed by atoms with Gasteiger partial charge in [0, 0.05) is 16.1 Å². The van der Waals surface area contributed by atoms with E-state index in [1.807, 2.05) is 13.8 Å². The van der Waals surface area contributed by atoms with Crippen LogP contribution in [-0.4, -0.2) is 37.2 Å². The highest BCUT2D eigenvalue weighted by Crippen LogP contribution is 2.26. The highest BCUT2D eigenvalue weighted by Gasteiger charge is 2.35. The predicted octanol–water partition coefficient (Wildman–Crippen LogP) is 3.24. The molecule has 1 saturated heterocycles. The standard InChI is InChI=1S/C20H21ClN2O4/c1-20(2)23-17(11-27-20)19(25)22-16-9-8-14(26-3)10-15(16)18(24)12-4-6-13(21)7-5-12/h4-10,17,23H,11H2,1-3H3,(H,22,25)/t17-/m0/s1. The molecule has 1 heterocycles.